The van der Waals surface area contributed by atoms with E-state index in [9.17, 15) is 5.26 Å². The third kappa shape index (κ3) is 5.61. The number of pyridine rings is 2. The lowest BCUT2D eigenvalue weighted by Gasteiger charge is -2.57. The third-order valence-corrected chi connectivity index (χ3v) is 9.13. The molecule has 2 aromatic rings. The van der Waals surface area contributed by atoms with E-state index in [0.717, 1.165) is 56.0 Å². The second-order valence-electron chi connectivity index (χ2n) is 11.8. The van der Waals surface area contributed by atoms with E-state index in [1.807, 2.05) is 30.7 Å². The van der Waals surface area contributed by atoms with Crippen LogP contribution in [0.2, 0.25) is 0 Å². The molecular weight excluding hydrogens is 542 g/mol. The van der Waals surface area contributed by atoms with Crippen LogP contribution >= 0.6 is 0 Å². The van der Waals surface area contributed by atoms with Gasteiger partial charge in [0.2, 0.25) is 5.88 Å². The van der Waals surface area contributed by atoms with Gasteiger partial charge in [-0.05, 0) is 30.5 Å². The molecule has 0 radical (unpaired) electrons. The van der Waals surface area contributed by atoms with Gasteiger partial charge in [-0.2, -0.15) is 5.26 Å². The highest BCUT2D eigenvalue weighted by Crippen LogP contribution is 2.35. The average Bonchev–Trinajstić information content (AvgIpc) is 3.05. The first-order valence-electron chi connectivity index (χ1n) is 15.0. The summed E-state index contributed by atoms with van der Waals surface area (Å²) in [6, 6.07) is 10.4. The van der Waals surface area contributed by atoms with Gasteiger partial charge in [0.25, 0.3) is 0 Å². The van der Waals surface area contributed by atoms with Crippen LogP contribution in [0, 0.1) is 11.3 Å². The summed E-state index contributed by atoms with van der Waals surface area (Å²) in [7, 11) is 1.64. The van der Waals surface area contributed by atoms with Crippen molar-refractivity contribution in [2.24, 2.45) is 4.99 Å². The van der Waals surface area contributed by atoms with E-state index in [4.69, 9.17) is 14.5 Å². The number of piperidine rings is 2. The molecule has 9 rings (SSSR count). The number of fused-ring (bicyclic) bond motifs is 4. The predicted molar refractivity (Wildman–Crippen MR) is 163 cm³/mol. The molecule has 6 saturated heterocycles. The van der Waals surface area contributed by atoms with Crippen molar-refractivity contribution in [3.8, 4) is 17.7 Å². The summed E-state index contributed by atoms with van der Waals surface area (Å²) in [5.74, 6) is 2.22. The van der Waals surface area contributed by atoms with Crippen LogP contribution in [0.1, 0.15) is 18.4 Å². The van der Waals surface area contributed by atoms with Crippen LogP contribution in [-0.2, 0) is 6.54 Å². The quantitative estimate of drug-likeness (QED) is 0.430. The Labute approximate surface area is 251 Å². The first-order valence-corrected chi connectivity index (χ1v) is 15.0. The van der Waals surface area contributed by atoms with Crippen molar-refractivity contribution in [1.82, 2.24) is 35.3 Å². The van der Waals surface area contributed by atoms with Crippen molar-refractivity contribution in [3.63, 3.8) is 0 Å². The molecule has 7 aliphatic heterocycles. The summed E-state index contributed by atoms with van der Waals surface area (Å²) in [6.07, 6.45) is 11.4. The zero-order chi connectivity index (χ0) is 29.3. The highest BCUT2D eigenvalue weighted by atomic mass is 16.5. The van der Waals surface area contributed by atoms with Crippen molar-refractivity contribution >= 4 is 17.5 Å². The SMILES string of the molecule is C=C/C(C#N)=c1\ncc(OCCN2CC3CC(C2)N3)cc1=C1C=NC(N2CC3CC(C2)N3Cc2ccc(OC)nc2)=CN1. The van der Waals surface area contributed by atoms with Gasteiger partial charge in [0.05, 0.1) is 36.1 Å². The van der Waals surface area contributed by atoms with Gasteiger partial charge in [-0.25, -0.2) is 9.98 Å². The minimum Gasteiger partial charge on any atom is -0.491 e. The van der Waals surface area contributed by atoms with Crippen molar-refractivity contribution in [1.29, 1.82) is 5.26 Å². The van der Waals surface area contributed by atoms with Crippen LogP contribution in [0.25, 0.3) is 11.3 Å². The number of hydrogen-bond acceptors (Lipinski definition) is 11. The molecule has 4 bridgehead atoms. The zero-order valence-corrected chi connectivity index (χ0v) is 24.4. The van der Waals surface area contributed by atoms with Gasteiger partial charge >= 0.3 is 0 Å². The van der Waals surface area contributed by atoms with Crippen LogP contribution in [-0.4, -0.2) is 101 Å². The first kappa shape index (κ1) is 27.6. The normalized spacial score (nSPS) is 28.0. The molecular formula is C32H37N9O2. The fourth-order valence-corrected chi connectivity index (χ4v) is 6.86. The minimum atomic E-state index is 0.405. The van der Waals surface area contributed by atoms with Crippen LogP contribution in [0.5, 0.6) is 11.6 Å². The summed E-state index contributed by atoms with van der Waals surface area (Å²) in [6.45, 7) is 10.2. The maximum atomic E-state index is 9.73. The van der Waals surface area contributed by atoms with E-state index in [-0.39, 0.29) is 0 Å². The van der Waals surface area contributed by atoms with Crippen LogP contribution in [0.4, 0.5) is 0 Å². The smallest absolute Gasteiger partial charge is 0.212 e. The number of piperazine rings is 2. The average molecular weight is 580 g/mol. The van der Waals surface area contributed by atoms with Gasteiger partial charge in [-0.3, -0.25) is 14.8 Å². The number of methoxy groups -OCH3 is 1. The number of hydrogen-bond donors (Lipinski definition) is 2. The van der Waals surface area contributed by atoms with E-state index < -0.39 is 0 Å². The number of nitrogens with one attached hydrogen (secondary N) is 2. The predicted octanol–water partition coefficient (Wildman–Crippen LogP) is 0.310. The lowest BCUT2D eigenvalue weighted by Crippen LogP contribution is -2.67. The highest BCUT2D eigenvalue weighted by Gasteiger charge is 2.45. The Balaban J connectivity index is 1.03. The number of rotatable bonds is 9. The Kier molecular flexibility index (Phi) is 7.57. The van der Waals surface area contributed by atoms with E-state index in [1.54, 1.807) is 13.3 Å². The Hall–Kier alpha value is -4.24. The van der Waals surface area contributed by atoms with E-state index in [0.29, 0.717) is 53.3 Å². The Morgan fingerprint density at radius 1 is 1.14 bits per heavy atom. The molecule has 6 fully saturated rings. The third-order valence-electron chi connectivity index (χ3n) is 9.13. The number of aromatic nitrogens is 2. The molecule has 43 heavy (non-hydrogen) atoms. The van der Waals surface area contributed by atoms with Crippen molar-refractivity contribution in [3.05, 3.63) is 71.4 Å². The van der Waals surface area contributed by atoms with Gasteiger partial charge in [0, 0.05) is 87.1 Å². The molecule has 2 N–H and O–H groups in total. The van der Waals surface area contributed by atoms with Gasteiger partial charge in [0.15, 0.2) is 0 Å². The summed E-state index contributed by atoms with van der Waals surface area (Å²) >= 11 is 0. The molecule has 2 aromatic heterocycles. The van der Waals surface area contributed by atoms with Crippen LogP contribution < -0.4 is 30.7 Å². The second-order valence-corrected chi connectivity index (χ2v) is 11.8. The van der Waals surface area contributed by atoms with Crippen molar-refractivity contribution in [2.75, 3.05) is 46.4 Å². The number of ether oxygens (including phenoxy) is 2. The zero-order valence-electron chi connectivity index (χ0n) is 24.4. The number of nitriles is 1. The molecule has 9 heterocycles. The molecule has 4 unspecified atom stereocenters. The number of allylic oxidation sites excluding steroid dienone is 1. The minimum absolute atomic E-state index is 0.405. The lowest BCUT2D eigenvalue weighted by molar-refractivity contribution is -0.0646. The maximum Gasteiger partial charge on any atom is 0.212 e. The largest absolute Gasteiger partial charge is 0.491 e. The molecule has 7 aliphatic rings. The molecule has 0 aromatic carbocycles. The Morgan fingerprint density at radius 3 is 2.60 bits per heavy atom. The molecule has 0 saturated carbocycles. The summed E-state index contributed by atoms with van der Waals surface area (Å²) in [5, 5.41) is 18.0. The summed E-state index contributed by atoms with van der Waals surface area (Å²) in [5.41, 5.74) is 2.37. The lowest BCUT2D eigenvalue weighted by atomic mass is 9.87. The second kappa shape index (κ2) is 11.8. The highest BCUT2D eigenvalue weighted by molar-refractivity contribution is 6.02. The van der Waals surface area contributed by atoms with Gasteiger partial charge in [0.1, 0.15) is 24.2 Å². The summed E-state index contributed by atoms with van der Waals surface area (Å²) < 4.78 is 11.3. The standard InChI is InChI=1S/C32H37N9O2/c1-3-22(11-33)32-28(10-27(13-37-32)43-7-6-39-17-23-8-24(18-39)38-23)29-14-35-30(15-34-29)40-19-25-9-26(20-40)41(25)16-21-4-5-31(42-2)36-12-21/h3-5,10,12-15,23-26,34,38H,1,6-9,16-20H2,2H3/b29-28?,32-22+. The van der Waals surface area contributed by atoms with Crippen molar-refractivity contribution < 1.29 is 9.47 Å². The van der Waals surface area contributed by atoms with E-state index >= 15 is 0 Å². The first-order chi connectivity index (χ1) is 21.1. The van der Waals surface area contributed by atoms with Gasteiger partial charge in [-0.15, -0.1) is 0 Å². The molecule has 0 spiro atoms. The Morgan fingerprint density at radius 2 is 1.95 bits per heavy atom. The van der Waals surface area contributed by atoms with Gasteiger partial charge in [-0.1, -0.05) is 12.6 Å². The van der Waals surface area contributed by atoms with Crippen LogP contribution in [0.3, 0.4) is 0 Å². The molecule has 0 amide bonds. The van der Waals surface area contributed by atoms with E-state index in [2.05, 4.69) is 54.0 Å². The molecule has 11 nitrogen and oxygen atoms in total. The maximum absolute atomic E-state index is 9.73. The van der Waals surface area contributed by atoms with Crippen molar-refractivity contribution in [2.45, 2.75) is 43.6 Å². The number of aliphatic imine (C=N–C) groups is 1. The number of nitrogens with zero attached hydrogens (tertiary/aromatic N) is 7. The topological polar surface area (TPSA) is 114 Å². The fraction of sp³-hybridized carbons (Fsp3) is 0.438. The Bertz CT molecular complexity index is 1580. The fourth-order valence-electron chi connectivity index (χ4n) is 6.86. The van der Waals surface area contributed by atoms with Gasteiger partial charge < -0.3 is 25.0 Å². The van der Waals surface area contributed by atoms with Crippen LogP contribution in [0.15, 0.2) is 60.3 Å². The molecule has 11 heteroatoms. The molecule has 4 atom stereocenters. The summed E-state index contributed by atoms with van der Waals surface area (Å²) in [4.78, 5) is 21.1. The molecule has 222 valence electrons. The van der Waals surface area contributed by atoms with E-state index in [1.165, 1.54) is 24.5 Å². The monoisotopic (exact) mass is 579 g/mol. The molecule has 0 aliphatic carbocycles.